The third kappa shape index (κ3) is 3.56. The van der Waals surface area contributed by atoms with Gasteiger partial charge in [0.15, 0.2) is 17.8 Å². The highest BCUT2D eigenvalue weighted by Gasteiger charge is 2.30. The maximum absolute atomic E-state index is 13.8. The Morgan fingerprint density at radius 3 is 2.79 bits per heavy atom. The van der Waals surface area contributed by atoms with Crippen LogP contribution in [-0.4, -0.2) is 48.2 Å². The lowest BCUT2D eigenvalue weighted by Gasteiger charge is -2.31. The van der Waals surface area contributed by atoms with Crippen LogP contribution < -0.4 is 10.1 Å². The summed E-state index contributed by atoms with van der Waals surface area (Å²) in [7, 11) is 0. The fraction of sp³-hybridized carbons (Fsp3) is 0.474. The molecule has 4 rings (SSSR count). The molecule has 1 aromatic rings. The van der Waals surface area contributed by atoms with Crippen molar-refractivity contribution in [2.45, 2.75) is 31.5 Å². The lowest BCUT2D eigenvalue weighted by atomic mass is 10.3. The minimum absolute atomic E-state index is 0.275. The molecule has 4 nitrogen and oxygen atoms in total. The number of hydrogen-bond acceptors (Lipinski definition) is 4. The maximum atomic E-state index is 13.8. The molecule has 3 aliphatic rings. The maximum Gasteiger partial charge on any atom is 0.190 e. The molecule has 128 valence electrons. The molecule has 2 fully saturated rings. The van der Waals surface area contributed by atoms with Gasteiger partial charge in [0.1, 0.15) is 5.82 Å². The van der Waals surface area contributed by atoms with E-state index in [1.54, 1.807) is 18.2 Å². The van der Waals surface area contributed by atoms with Crippen LogP contribution in [0.15, 0.2) is 48.3 Å². The quantitative estimate of drug-likeness (QED) is 0.919. The normalized spacial score (nSPS) is 25.0. The van der Waals surface area contributed by atoms with E-state index in [1.165, 1.54) is 31.9 Å². The molecule has 1 aliphatic carbocycles. The van der Waals surface area contributed by atoms with Crippen LogP contribution in [0.5, 0.6) is 5.75 Å². The van der Waals surface area contributed by atoms with E-state index in [4.69, 9.17) is 4.74 Å². The summed E-state index contributed by atoms with van der Waals surface area (Å²) in [5.41, 5.74) is 0. The molecule has 1 saturated carbocycles. The van der Waals surface area contributed by atoms with Gasteiger partial charge in [0.05, 0.1) is 0 Å². The van der Waals surface area contributed by atoms with Gasteiger partial charge in [0.2, 0.25) is 0 Å². The van der Waals surface area contributed by atoms with Gasteiger partial charge in [-0.05, 0) is 43.5 Å². The second-order valence-electron chi connectivity index (χ2n) is 6.66. The van der Waals surface area contributed by atoms with Gasteiger partial charge >= 0.3 is 0 Å². The van der Waals surface area contributed by atoms with Gasteiger partial charge in [-0.15, -0.1) is 0 Å². The fourth-order valence-corrected chi connectivity index (χ4v) is 3.42. The molecule has 0 amide bonds. The van der Waals surface area contributed by atoms with Gasteiger partial charge in [-0.1, -0.05) is 18.2 Å². The van der Waals surface area contributed by atoms with E-state index < -0.39 is 0 Å². The van der Waals surface area contributed by atoms with Crippen molar-refractivity contribution in [2.75, 3.05) is 26.2 Å². The van der Waals surface area contributed by atoms with Crippen LogP contribution in [-0.2, 0) is 0 Å². The van der Waals surface area contributed by atoms with Crippen LogP contribution in [0.1, 0.15) is 19.3 Å². The average molecular weight is 329 g/mol. The zero-order chi connectivity index (χ0) is 16.4. The summed E-state index contributed by atoms with van der Waals surface area (Å²) in [6.45, 7) is 4.38. The topological polar surface area (TPSA) is 27.7 Å². The highest BCUT2D eigenvalue weighted by molar-refractivity contribution is 5.26. The van der Waals surface area contributed by atoms with Crippen LogP contribution >= 0.6 is 0 Å². The van der Waals surface area contributed by atoms with Crippen LogP contribution in [0.4, 0.5) is 4.39 Å². The van der Waals surface area contributed by atoms with Crippen molar-refractivity contribution in [2.24, 2.45) is 0 Å². The van der Waals surface area contributed by atoms with Crippen molar-refractivity contribution in [3.63, 3.8) is 0 Å². The average Bonchev–Trinajstić information content (AvgIpc) is 3.43. The van der Waals surface area contributed by atoms with Crippen molar-refractivity contribution in [1.29, 1.82) is 0 Å². The minimum atomic E-state index is -0.343. The number of hydrogen-bond donors (Lipinski definition) is 1. The highest BCUT2D eigenvalue weighted by Crippen LogP contribution is 2.28. The number of halogens is 1. The van der Waals surface area contributed by atoms with Crippen LogP contribution in [0.3, 0.4) is 0 Å². The number of rotatable bonds is 4. The molecule has 1 saturated heterocycles. The molecule has 0 radical (unpaired) electrons. The van der Waals surface area contributed by atoms with Gasteiger partial charge < -0.3 is 15.0 Å². The van der Waals surface area contributed by atoms with Crippen molar-refractivity contribution in [3.8, 4) is 5.75 Å². The molecule has 1 N–H and O–H groups in total. The molecule has 2 heterocycles. The number of benzene rings is 1. The lowest BCUT2D eigenvalue weighted by molar-refractivity contribution is 0.187. The predicted octanol–water partition coefficient (Wildman–Crippen LogP) is 2.70. The summed E-state index contributed by atoms with van der Waals surface area (Å²) in [5.74, 6) is 1.01. The Morgan fingerprint density at radius 1 is 1.08 bits per heavy atom. The Balaban J connectivity index is 1.37. The van der Waals surface area contributed by atoms with Crippen LogP contribution in [0, 0.1) is 5.82 Å². The third-order valence-electron chi connectivity index (χ3n) is 4.86. The fourth-order valence-electron chi connectivity index (χ4n) is 3.42. The summed E-state index contributed by atoms with van der Waals surface area (Å²) in [5, 5.41) is 3.38. The first-order valence-electron chi connectivity index (χ1n) is 8.85. The molecule has 0 aromatic heterocycles. The number of allylic oxidation sites excluding steroid dienone is 2. The Morgan fingerprint density at radius 2 is 1.96 bits per heavy atom. The second-order valence-corrected chi connectivity index (χ2v) is 6.66. The second kappa shape index (κ2) is 6.85. The van der Waals surface area contributed by atoms with Gasteiger partial charge in [-0.3, -0.25) is 4.90 Å². The van der Waals surface area contributed by atoms with Gasteiger partial charge in [0, 0.05) is 32.2 Å². The summed E-state index contributed by atoms with van der Waals surface area (Å²) < 4.78 is 19.5. The molecule has 1 atom stereocenters. The lowest BCUT2D eigenvalue weighted by Crippen LogP contribution is -2.42. The van der Waals surface area contributed by atoms with E-state index in [0.29, 0.717) is 0 Å². The summed E-state index contributed by atoms with van der Waals surface area (Å²) >= 11 is 0. The molecule has 5 heteroatoms. The first kappa shape index (κ1) is 15.5. The Labute approximate surface area is 142 Å². The van der Waals surface area contributed by atoms with Crippen molar-refractivity contribution in [1.82, 2.24) is 15.1 Å². The number of para-hydroxylation sites is 1. The number of ether oxygens (including phenoxy) is 1. The molecule has 1 unspecified atom stereocenters. The standard InChI is InChI=1S/C19H24FN3O/c20-16-5-1-2-6-17(16)24-19-8-3-7-18(21-19)23-12-4-11-22(13-14-23)15-9-10-15/h1-3,5-8,15,19,21H,4,9-14H2. The van der Waals surface area contributed by atoms with E-state index in [9.17, 15) is 4.39 Å². The van der Waals surface area contributed by atoms with Crippen molar-refractivity contribution >= 4 is 0 Å². The smallest absolute Gasteiger partial charge is 0.190 e. The van der Waals surface area contributed by atoms with E-state index in [-0.39, 0.29) is 17.8 Å². The van der Waals surface area contributed by atoms with Gasteiger partial charge in [-0.25, -0.2) is 4.39 Å². The number of nitrogens with zero attached hydrogens (tertiary/aromatic N) is 2. The zero-order valence-electron chi connectivity index (χ0n) is 13.8. The molecule has 0 bridgehead atoms. The Kier molecular flexibility index (Phi) is 4.43. The molecular formula is C19H24FN3O. The molecule has 2 aliphatic heterocycles. The largest absolute Gasteiger partial charge is 0.464 e. The van der Waals surface area contributed by atoms with Gasteiger partial charge in [-0.2, -0.15) is 0 Å². The first-order chi connectivity index (χ1) is 11.8. The minimum Gasteiger partial charge on any atom is -0.464 e. The van der Waals surface area contributed by atoms with E-state index in [1.807, 2.05) is 12.2 Å². The molecule has 0 spiro atoms. The summed E-state index contributed by atoms with van der Waals surface area (Å²) in [6, 6.07) is 7.35. The Hall–Kier alpha value is -2.01. The van der Waals surface area contributed by atoms with Crippen LogP contribution in [0.25, 0.3) is 0 Å². The number of dihydropyridines is 1. The van der Waals surface area contributed by atoms with Gasteiger partial charge in [0.25, 0.3) is 0 Å². The van der Waals surface area contributed by atoms with E-state index >= 15 is 0 Å². The van der Waals surface area contributed by atoms with Crippen LogP contribution in [0.2, 0.25) is 0 Å². The third-order valence-corrected chi connectivity index (χ3v) is 4.86. The first-order valence-corrected chi connectivity index (χ1v) is 8.85. The van der Waals surface area contributed by atoms with E-state index in [0.717, 1.165) is 31.5 Å². The Bertz CT molecular complexity index is 641. The van der Waals surface area contributed by atoms with Crippen molar-refractivity contribution in [3.05, 3.63) is 54.1 Å². The predicted molar refractivity (Wildman–Crippen MR) is 92.0 cm³/mol. The summed E-state index contributed by atoms with van der Waals surface area (Å²) in [4.78, 5) is 5.00. The molecule has 1 aromatic carbocycles. The van der Waals surface area contributed by atoms with Crippen molar-refractivity contribution < 1.29 is 9.13 Å². The monoisotopic (exact) mass is 329 g/mol. The molecule has 24 heavy (non-hydrogen) atoms. The SMILES string of the molecule is Fc1ccccc1OC1C=CC=C(N2CCCN(C3CC3)CC2)N1. The number of nitrogens with one attached hydrogen (secondary N) is 1. The highest BCUT2D eigenvalue weighted by atomic mass is 19.1. The summed E-state index contributed by atoms with van der Waals surface area (Å²) in [6.07, 6.45) is 9.53. The zero-order valence-corrected chi connectivity index (χ0v) is 13.8. The molecular weight excluding hydrogens is 305 g/mol. The van der Waals surface area contributed by atoms with E-state index in [2.05, 4.69) is 21.2 Å².